The largest absolute Gasteiger partial charge is 0.369 e. The molecule has 0 radical (unpaired) electrons. The predicted molar refractivity (Wildman–Crippen MR) is 107 cm³/mol. The second-order valence-electron chi connectivity index (χ2n) is 6.55. The summed E-state index contributed by atoms with van der Waals surface area (Å²) in [7, 11) is 0. The highest BCUT2D eigenvalue weighted by atomic mass is 35.5. The van der Waals surface area contributed by atoms with E-state index in [2.05, 4.69) is 22.0 Å². The van der Waals surface area contributed by atoms with Crippen LogP contribution in [-0.4, -0.2) is 48.5 Å². The number of halogens is 1. The lowest BCUT2D eigenvalue weighted by molar-refractivity contribution is -0.384. The molecule has 142 valence electrons. The maximum atomic E-state index is 12.3. The minimum atomic E-state index is -0.479. The van der Waals surface area contributed by atoms with Crippen molar-refractivity contribution >= 4 is 34.6 Å². The van der Waals surface area contributed by atoms with E-state index >= 15 is 0 Å². The van der Waals surface area contributed by atoms with Crippen molar-refractivity contribution in [2.24, 2.45) is 0 Å². The molecule has 0 aliphatic carbocycles. The van der Waals surface area contributed by atoms with Gasteiger partial charge in [-0.3, -0.25) is 19.8 Å². The van der Waals surface area contributed by atoms with Crippen molar-refractivity contribution in [2.45, 2.75) is 6.92 Å². The zero-order chi connectivity index (χ0) is 19.4. The molecule has 0 spiro atoms. The molecule has 2 aromatic rings. The van der Waals surface area contributed by atoms with E-state index in [4.69, 9.17) is 11.6 Å². The normalized spacial score (nSPS) is 14.8. The van der Waals surface area contributed by atoms with Crippen LogP contribution in [0.2, 0.25) is 5.02 Å². The number of nitrogens with one attached hydrogen (secondary N) is 1. The molecule has 8 heteroatoms. The van der Waals surface area contributed by atoms with Crippen LogP contribution in [0.15, 0.2) is 42.5 Å². The Kier molecular flexibility index (Phi) is 5.93. The molecule has 3 rings (SSSR count). The molecule has 1 aliphatic rings. The second-order valence-corrected chi connectivity index (χ2v) is 6.99. The maximum Gasteiger partial charge on any atom is 0.271 e. The number of aryl methyl sites for hydroxylation is 1. The van der Waals surface area contributed by atoms with Crippen LogP contribution in [0.1, 0.15) is 5.56 Å². The van der Waals surface area contributed by atoms with Crippen molar-refractivity contribution in [3.8, 4) is 0 Å². The third-order valence-corrected chi connectivity index (χ3v) is 4.83. The van der Waals surface area contributed by atoms with Gasteiger partial charge in [-0.05, 0) is 30.7 Å². The number of nitro benzene ring substituents is 1. The average Bonchev–Trinajstić information content (AvgIpc) is 2.64. The summed E-state index contributed by atoms with van der Waals surface area (Å²) in [4.78, 5) is 26.9. The van der Waals surface area contributed by atoms with E-state index in [1.165, 1.54) is 17.7 Å². The van der Waals surface area contributed by atoms with Crippen LogP contribution in [-0.2, 0) is 4.79 Å². The van der Waals surface area contributed by atoms with E-state index in [-0.39, 0.29) is 18.1 Å². The van der Waals surface area contributed by atoms with E-state index in [1.54, 1.807) is 12.1 Å². The summed E-state index contributed by atoms with van der Waals surface area (Å²) in [5.74, 6) is -0.178. The standard InChI is InChI=1S/C19H21ClN4O3/c1-14-5-6-15(20)11-18(14)23-9-7-22(8-10-23)13-19(25)21-16-3-2-4-17(12-16)24(26)27/h2-6,11-12H,7-10,13H2,1H3,(H,21,25). The van der Waals surface area contributed by atoms with E-state index in [1.807, 2.05) is 18.2 Å². The summed E-state index contributed by atoms with van der Waals surface area (Å²) in [5.41, 5.74) is 2.69. The molecule has 1 saturated heterocycles. The van der Waals surface area contributed by atoms with Crippen LogP contribution < -0.4 is 10.2 Å². The van der Waals surface area contributed by atoms with Gasteiger partial charge >= 0.3 is 0 Å². The first-order chi connectivity index (χ1) is 12.9. The Labute approximate surface area is 162 Å². The highest BCUT2D eigenvalue weighted by molar-refractivity contribution is 6.30. The van der Waals surface area contributed by atoms with Crippen molar-refractivity contribution in [2.75, 3.05) is 42.9 Å². The molecule has 0 atom stereocenters. The fourth-order valence-corrected chi connectivity index (χ4v) is 3.34. The predicted octanol–water partition coefficient (Wildman–Crippen LogP) is 3.32. The Morgan fingerprint density at radius 2 is 1.93 bits per heavy atom. The molecule has 1 aliphatic heterocycles. The van der Waals surface area contributed by atoms with Gasteiger partial charge in [0.25, 0.3) is 5.69 Å². The number of anilines is 2. The molecule has 1 heterocycles. The number of nitrogens with zero attached hydrogens (tertiary/aromatic N) is 3. The van der Waals surface area contributed by atoms with Crippen molar-refractivity contribution in [3.63, 3.8) is 0 Å². The minimum Gasteiger partial charge on any atom is -0.369 e. The Hall–Kier alpha value is -2.64. The summed E-state index contributed by atoms with van der Waals surface area (Å²) < 4.78 is 0. The van der Waals surface area contributed by atoms with Gasteiger partial charge in [0, 0.05) is 54.7 Å². The Bertz CT molecular complexity index is 851. The van der Waals surface area contributed by atoms with Gasteiger partial charge in [-0.25, -0.2) is 0 Å². The van der Waals surface area contributed by atoms with E-state index in [9.17, 15) is 14.9 Å². The third-order valence-electron chi connectivity index (χ3n) is 4.59. The summed E-state index contributed by atoms with van der Waals surface area (Å²) in [6, 6.07) is 11.8. The minimum absolute atomic E-state index is 0.0432. The number of benzene rings is 2. The van der Waals surface area contributed by atoms with Crippen molar-refractivity contribution in [1.82, 2.24) is 4.90 Å². The second kappa shape index (κ2) is 8.37. The van der Waals surface area contributed by atoms with Gasteiger partial charge in [-0.2, -0.15) is 0 Å². The molecule has 1 N–H and O–H groups in total. The van der Waals surface area contributed by atoms with Crippen molar-refractivity contribution < 1.29 is 9.72 Å². The third kappa shape index (κ3) is 4.96. The number of hydrogen-bond acceptors (Lipinski definition) is 5. The van der Waals surface area contributed by atoms with Crippen LogP contribution >= 0.6 is 11.6 Å². The first kappa shape index (κ1) is 19.1. The molecule has 0 bridgehead atoms. The van der Waals surface area contributed by atoms with Crippen LogP contribution in [0, 0.1) is 17.0 Å². The van der Waals surface area contributed by atoms with Crippen LogP contribution in [0.25, 0.3) is 0 Å². The average molecular weight is 389 g/mol. The van der Waals surface area contributed by atoms with Crippen molar-refractivity contribution in [1.29, 1.82) is 0 Å². The summed E-state index contributed by atoms with van der Waals surface area (Å²) in [6.45, 7) is 5.45. The Balaban J connectivity index is 1.53. The lowest BCUT2D eigenvalue weighted by atomic mass is 10.1. The fourth-order valence-electron chi connectivity index (χ4n) is 3.17. The summed E-state index contributed by atoms with van der Waals surface area (Å²) >= 11 is 6.11. The highest BCUT2D eigenvalue weighted by Gasteiger charge is 2.20. The molecule has 0 aromatic heterocycles. The zero-order valence-electron chi connectivity index (χ0n) is 15.0. The van der Waals surface area contributed by atoms with Gasteiger partial charge in [0.2, 0.25) is 5.91 Å². The molecule has 7 nitrogen and oxygen atoms in total. The molecule has 0 unspecified atom stereocenters. The van der Waals surface area contributed by atoms with E-state index < -0.39 is 4.92 Å². The van der Waals surface area contributed by atoms with Gasteiger partial charge in [0.05, 0.1) is 11.5 Å². The van der Waals surface area contributed by atoms with E-state index in [0.717, 1.165) is 36.9 Å². The molecule has 27 heavy (non-hydrogen) atoms. The summed E-state index contributed by atoms with van der Waals surface area (Å²) in [6.07, 6.45) is 0. The topological polar surface area (TPSA) is 78.7 Å². The number of hydrogen-bond donors (Lipinski definition) is 1. The first-order valence-corrected chi connectivity index (χ1v) is 9.08. The number of carbonyl (C=O) groups is 1. The van der Waals surface area contributed by atoms with Gasteiger partial charge in [-0.15, -0.1) is 0 Å². The quantitative estimate of drug-likeness (QED) is 0.628. The fraction of sp³-hybridized carbons (Fsp3) is 0.316. The molecule has 1 amide bonds. The molecule has 2 aromatic carbocycles. The van der Waals surface area contributed by atoms with Crippen LogP contribution in [0.5, 0.6) is 0 Å². The number of non-ortho nitro benzene ring substituents is 1. The highest BCUT2D eigenvalue weighted by Crippen LogP contribution is 2.25. The van der Waals surface area contributed by atoms with Gasteiger partial charge < -0.3 is 10.2 Å². The van der Waals surface area contributed by atoms with Gasteiger partial charge in [0.15, 0.2) is 0 Å². The van der Waals surface area contributed by atoms with E-state index in [0.29, 0.717) is 5.69 Å². The van der Waals surface area contributed by atoms with Crippen molar-refractivity contribution in [3.05, 3.63) is 63.2 Å². The smallest absolute Gasteiger partial charge is 0.271 e. The number of carbonyl (C=O) groups excluding carboxylic acids is 1. The lowest BCUT2D eigenvalue weighted by Gasteiger charge is -2.36. The number of amides is 1. The monoisotopic (exact) mass is 388 g/mol. The number of nitro groups is 1. The Morgan fingerprint density at radius 3 is 2.63 bits per heavy atom. The maximum absolute atomic E-state index is 12.3. The number of piperazine rings is 1. The Morgan fingerprint density at radius 1 is 1.19 bits per heavy atom. The van der Waals surface area contributed by atoms with Gasteiger partial charge in [-0.1, -0.05) is 23.7 Å². The summed E-state index contributed by atoms with van der Waals surface area (Å²) in [5, 5.41) is 14.3. The molecule has 0 saturated carbocycles. The molecule has 1 fully saturated rings. The van der Waals surface area contributed by atoms with Crippen LogP contribution in [0.4, 0.5) is 17.1 Å². The SMILES string of the molecule is Cc1ccc(Cl)cc1N1CCN(CC(=O)Nc2cccc([N+](=O)[O-])c2)CC1. The van der Waals surface area contributed by atoms with Gasteiger partial charge in [0.1, 0.15) is 0 Å². The molecular weight excluding hydrogens is 368 g/mol. The molecular formula is C19H21ClN4O3. The van der Waals surface area contributed by atoms with Crippen LogP contribution in [0.3, 0.4) is 0 Å². The number of rotatable bonds is 5. The first-order valence-electron chi connectivity index (χ1n) is 8.70. The lowest BCUT2D eigenvalue weighted by Crippen LogP contribution is -2.48. The zero-order valence-corrected chi connectivity index (χ0v) is 15.8.